The van der Waals surface area contributed by atoms with Gasteiger partial charge in [0.05, 0.1) is 6.33 Å². The van der Waals surface area contributed by atoms with Crippen molar-refractivity contribution in [1.29, 1.82) is 0 Å². The molecule has 5 N–H and O–H groups in total. The summed E-state index contributed by atoms with van der Waals surface area (Å²) in [6, 6.07) is 26.6. The Balaban J connectivity index is 0.944. The highest BCUT2D eigenvalue weighted by atomic mass is 16.6. The number of ether oxygens (including phenoxy) is 1. The van der Waals surface area contributed by atoms with Crippen molar-refractivity contribution in [1.82, 2.24) is 29.8 Å². The normalized spacial score (nSPS) is 19.5. The standard InChI is InChI=1S/C35H35N7O4/c43-29(12-6-9-25-18-36-27-11-5-4-10-26(25)27)37-19-28-31(44)32(45)35(46-28)42-21-41-30-33(39-20-40-34(30)42)38-17-22-13-15-24(16-14-22)23-7-2-1-3-8-23/h1-5,7-8,10-11,13-16,18,20-21,28,31-32,35-36,44-45H,6,9,12,17,19H2,(H,37,43)(H,38,39,40)/t28-,31-,32-,35-/m1/s1. The number of aromatic amines is 1. The number of aliphatic hydroxyl groups is 2. The van der Waals surface area contributed by atoms with Crippen molar-refractivity contribution in [2.75, 3.05) is 11.9 Å². The summed E-state index contributed by atoms with van der Waals surface area (Å²) in [6.07, 6.45) is 2.55. The number of anilines is 1. The van der Waals surface area contributed by atoms with E-state index in [-0.39, 0.29) is 12.5 Å². The number of nitrogens with zero attached hydrogens (tertiary/aromatic N) is 4. The fraction of sp³-hybridized carbons (Fsp3) is 0.257. The number of nitrogens with one attached hydrogen (secondary N) is 3. The van der Waals surface area contributed by atoms with Crippen LogP contribution in [0.4, 0.5) is 5.82 Å². The maximum absolute atomic E-state index is 12.6. The Labute approximate surface area is 265 Å². The second kappa shape index (κ2) is 13.1. The molecule has 11 nitrogen and oxygen atoms in total. The first-order valence-electron chi connectivity index (χ1n) is 15.4. The Morgan fingerprint density at radius 2 is 1.70 bits per heavy atom. The molecule has 6 aromatic rings. The number of para-hydroxylation sites is 1. The summed E-state index contributed by atoms with van der Waals surface area (Å²) >= 11 is 0. The van der Waals surface area contributed by atoms with Crippen molar-refractivity contribution in [3.8, 4) is 11.1 Å². The van der Waals surface area contributed by atoms with Crippen LogP contribution in [0.25, 0.3) is 33.2 Å². The second-order valence-electron chi connectivity index (χ2n) is 11.5. The summed E-state index contributed by atoms with van der Waals surface area (Å²) in [7, 11) is 0. The van der Waals surface area contributed by atoms with Crippen molar-refractivity contribution in [2.24, 2.45) is 0 Å². The number of imidazole rings is 1. The number of rotatable bonds is 11. The molecule has 1 fully saturated rings. The van der Waals surface area contributed by atoms with Crippen LogP contribution in [0.5, 0.6) is 0 Å². The molecule has 1 amide bonds. The van der Waals surface area contributed by atoms with Gasteiger partial charge in [0.1, 0.15) is 24.6 Å². The number of aliphatic hydroxyl groups excluding tert-OH is 2. The third-order valence-electron chi connectivity index (χ3n) is 8.52. The van der Waals surface area contributed by atoms with Gasteiger partial charge in [-0.3, -0.25) is 9.36 Å². The van der Waals surface area contributed by atoms with E-state index in [9.17, 15) is 15.0 Å². The van der Waals surface area contributed by atoms with Gasteiger partial charge in [-0.1, -0.05) is 72.8 Å². The Morgan fingerprint density at radius 1 is 0.913 bits per heavy atom. The molecular weight excluding hydrogens is 582 g/mol. The highest BCUT2D eigenvalue weighted by Crippen LogP contribution is 2.32. The smallest absolute Gasteiger partial charge is 0.220 e. The lowest BCUT2D eigenvalue weighted by Crippen LogP contribution is -2.39. The largest absolute Gasteiger partial charge is 0.387 e. The first-order valence-corrected chi connectivity index (χ1v) is 15.4. The predicted molar refractivity (Wildman–Crippen MR) is 175 cm³/mol. The molecule has 1 aliphatic rings. The van der Waals surface area contributed by atoms with E-state index in [0.717, 1.165) is 28.6 Å². The van der Waals surface area contributed by atoms with Gasteiger partial charge in [0, 0.05) is 36.6 Å². The van der Waals surface area contributed by atoms with E-state index in [0.29, 0.717) is 36.4 Å². The van der Waals surface area contributed by atoms with E-state index in [2.05, 4.69) is 73.0 Å². The van der Waals surface area contributed by atoms with Gasteiger partial charge in [-0.05, 0) is 41.2 Å². The minimum atomic E-state index is -1.24. The van der Waals surface area contributed by atoms with E-state index in [1.807, 2.05) is 42.6 Å². The van der Waals surface area contributed by atoms with Crippen LogP contribution in [0.15, 0.2) is 97.7 Å². The summed E-state index contributed by atoms with van der Waals surface area (Å²) in [4.78, 5) is 29.1. The second-order valence-corrected chi connectivity index (χ2v) is 11.5. The molecule has 1 saturated heterocycles. The fourth-order valence-corrected chi connectivity index (χ4v) is 6.01. The molecular formula is C35H35N7O4. The molecule has 7 rings (SSSR count). The lowest BCUT2D eigenvalue weighted by Gasteiger charge is -2.16. The number of fused-ring (bicyclic) bond motifs is 2. The zero-order chi connectivity index (χ0) is 31.5. The maximum atomic E-state index is 12.6. The molecule has 0 aliphatic carbocycles. The lowest BCUT2D eigenvalue weighted by atomic mass is 10.0. The zero-order valence-electron chi connectivity index (χ0n) is 25.1. The highest BCUT2D eigenvalue weighted by molar-refractivity contribution is 5.84. The summed E-state index contributed by atoms with van der Waals surface area (Å²) in [5.41, 5.74) is 6.60. The molecule has 0 radical (unpaired) electrons. The van der Waals surface area contributed by atoms with Crippen LogP contribution >= 0.6 is 0 Å². The number of aryl methyl sites for hydroxylation is 1. The van der Waals surface area contributed by atoms with Crippen LogP contribution in [0, 0.1) is 0 Å². The minimum Gasteiger partial charge on any atom is -0.387 e. The van der Waals surface area contributed by atoms with Crippen molar-refractivity contribution in [2.45, 2.75) is 50.3 Å². The molecule has 234 valence electrons. The topological polar surface area (TPSA) is 150 Å². The number of amides is 1. The van der Waals surface area contributed by atoms with E-state index in [1.54, 1.807) is 4.57 Å². The van der Waals surface area contributed by atoms with E-state index >= 15 is 0 Å². The van der Waals surface area contributed by atoms with Gasteiger partial charge in [0.2, 0.25) is 5.91 Å². The highest BCUT2D eigenvalue weighted by Gasteiger charge is 2.44. The van der Waals surface area contributed by atoms with Gasteiger partial charge >= 0.3 is 0 Å². The first kappa shape index (κ1) is 29.6. The first-order chi connectivity index (χ1) is 22.5. The SMILES string of the molecule is O=C(CCCc1c[nH]c2ccccc12)NC[C@H]1O[C@@H](n2cnc3c(NCc4ccc(-c5ccccc5)cc4)ncnc32)[C@H](O)[C@@H]1O. The van der Waals surface area contributed by atoms with E-state index in [4.69, 9.17) is 4.74 Å². The van der Waals surface area contributed by atoms with Crippen LogP contribution < -0.4 is 10.6 Å². The predicted octanol–water partition coefficient (Wildman–Crippen LogP) is 4.35. The Kier molecular flexibility index (Phi) is 8.43. The molecule has 3 aromatic carbocycles. The van der Waals surface area contributed by atoms with Gasteiger partial charge < -0.3 is 30.6 Å². The van der Waals surface area contributed by atoms with Crippen molar-refractivity contribution in [3.63, 3.8) is 0 Å². The number of H-pyrrole nitrogens is 1. The van der Waals surface area contributed by atoms with Crippen LogP contribution in [0.3, 0.4) is 0 Å². The molecule has 0 saturated carbocycles. The van der Waals surface area contributed by atoms with Gasteiger partial charge in [-0.25, -0.2) is 15.0 Å². The van der Waals surface area contributed by atoms with E-state index < -0.39 is 24.5 Å². The number of carbonyl (C=O) groups is 1. The number of aromatic nitrogens is 5. The Morgan fingerprint density at radius 3 is 2.54 bits per heavy atom. The fourth-order valence-electron chi connectivity index (χ4n) is 6.01. The van der Waals surface area contributed by atoms with Crippen LogP contribution in [-0.4, -0.2) is 65.5 Å². The summed E-state index contributed by atoms with van der Waals surface area (Å²) in [6.45, 7) is 0.594. The molecule has 0 unspecified atom stereocenters. The third kappa shape index (κ3) is 6.08. The number of hydrogen-bond acceptors (Lipinski definition) is 8. The Bertz CT molecular complexity index is 1940. The molecule has 4 atom stereocenters. The number of benzene rings is 3. The minimum absolute atomic E-state index is 0.0676. The molecule has 0 spiro atoms. The molecule has 11 heteroatoms. The average molecular weight is 618 g/mol. The maximum Gasteiger partial charge on any atom is 0.220 e. The van der Waals surface area contributed by atoms with Crippen LogP contribution in [-0.2, 0) is 22.5 Å². The van der Waals surface area contributed by atoms with Crippen molar-refractivity contribution >= 4 is 33.8 Å². The third-order valence-corrected chi connectivity index (χ3v) is 8.52. The van der Waals surface area contributed by atoms with Crippen molar-refractivity contribution in [3.05, 3.63) is 109 Å². The average Bonchev–Trinajstić information content (AvgIpc) is 3.79. The van der Waals surface area contributed by atoms with Gasteiger partial charge in [0.15, 0.2) is 23.2 Å². The monoisotopic (exact) mass is 617 g/mol. The lowest BCUT2D eigenvalue weighted by molar-refractivity contribution is -0.122. The quantitative estimate of drug-likeness (QED) is 0.144. The van der Waals surface area contributed by atoms with Crippen LogP contribution in [0.2, 0.25) is 0 Å². The van der Waals surface area contributed by atoms with Gasteiger partial charge in [-0.2, -0.15) is 0 Å². The number of carbonyl (C=O) groups excluding carboxylic acids is 1. The van der Waals surface area contributed by atoms with Gasteiger partial charge in [0.25, 0.3) is 0 Å². The van der Waals surface area contributed by atoms with Gasteiger partial charge in [-0.15, -0.1) is 0 Å². The zero-order valence-corrected chi connectivity index (χ0v) is 25.1. The number of hydrogen-bond donors (Lipinski definition) is 5. The molecule has 4 heterocycles. The summed E-state index contributed by atoms with van der Waals surface area (Å²) in [5.74, 6) is 0.403. The van der Waals surface area contributed by atoms with Crippen LogP contribution in [0.1, 0.15) is 30.2 Å². The molecule has 3 aromatic heterocycles. The van der Waals surface area contributed by atoms with E-state index in [1.165, 1.54) is 23.6 Å². The molecule has 0 bridgehead atoms. The Hall–Kier alpha value is -5.10. The molecule has 1 aliphatic heterocycles. The van der Waals surface area contributed by atoms with Crippen molar-refractivity contribution < 1.29 is 19.7 Å². The molecule has 46 heavy (non-hydrogen) atoms. The summed E-state index contributed by atoms with van der Waals surface area (Å²) in [5, 5.41) is 29.0. The summed E-state index contributed by atoms with van der Waals surface area (Å²) < 4.78 is 7.63.